The summed E-state index contributed by atoms with van der Waals surface area (Å²) in [7, 11) is 0. The van der Waals surface area contributed by atoms with Crippen LogP contribution in [0.4, 0.5) is 5.69 Å². The molecule has 0 amide bonds. The molecule has 136 valence electrons. The van der Waals surface area contributed by atoms with Crippen LogP contribution >= 0.6 is 0 Å². The zero-order valence-corrected chi connectivity index (χ0v) is 16.0. The number of benzene rings is 2. The highest BCUT2D eigenvalue weighted by atomic mass is 16.5. The van der Waals surface area contributed by atoms with Crippen LogP contribution in [0.25, 0.3) is 0 Å². The van der Waals surface area contributed by atoms with E-state index in [9.17, 15) is 0 Å². The fraction of sp³-hybridized carbons (Fsp3) is 0.478. The van der Waals surface area contributed by atoms with E-state index in [4.69, 9.17) is 4.74 Å². The molecule has 1 N–H and O–H groups in total. The van der Waals surface area contributed by atoms with Crippen molar-refractivity contribution in [3.63, 3.8) is 0 Å². The molecule has 0 aliphatic rings. The maximum atomic E-state index is 5.86. The molecule has 1 unspecified atom stereocenters. The average molecular weight is 340 g/mol. The van der Waals surface area contributed by atoms with Gasteiger partial charge in [-0.05, 0) is 48.7 Å². The molecule has 0 saturated carbocycles. The summed E-state index contributed by atoms with van der Waals surface area (Å²) in [4.78, 5) is 0. The Bertz CT molecular complexity index is 577. The van der Waals surface area contributed by atoms with Gasteiger partial charge in [0.1, 0.15) is 11.5 Å². The number of hydrogen-bond donors (Lipinski definition) is 1. The number of ether oxygens (including phenoxy) is 1. The van der Waals surface area contributed by atoms with Crippen LogP contribution in [-0.2, 0) is 0 Å². The number of nitrogens with one attached hydrogen (secondary N) is 1. The molecule has 2 aromatic rings. The molecule has 0 spiro atoms. The molecule has 0 heterocycles. The fourth-order valence-electron chi connectivity index (χ4n) is 3.00. The summed E-state index contributed by atoms with van der Waals surface area (Å²) in [5.74, 6) is 2.37. The third-order valence-corrected chi connectivity index (χ3v) is 4.61. The minimum absolute atomic E-state index is 0.530. The van der Waals surface area contributed by atoms with Crippen LogP contribution in [0.15, 0.2) is 54.6 Å². The Hall–Kier alpha value is -1.96. The SMILES string of the molecule is CCCCCCCC(Nc1ccc(Oc2ccccc2)cc1)C(C)C. The van der Waals surface area contributed by atoms with E-state index in [2.05, 4.69) is 38.2 Å². The monoisotopic (exact) mass is 339 g/mol. The first-order chi connectivity index (χ1) is 12.2. The molecule has 0 bridgehead atoms. The Kier molecular flexibility index (Phi) is 8.38. The van der Waals surface area contributed by atoms with E-state index in [1.165, 1.54) is 44.2 Å². The molecule has 0 radical (unpaired) electrons. The zero-order valence-electron chi connectivity index (χ0n) is 16.0. The van der Waals surface area contributed by atoms with Gasteiger partial charge in [0.15, 0.2) is 0 Å². The number of rotatable bonds is 11. The average Bonchev–Trinajstić information content (AvgIpc) is 2.63. The lowest BCUT2D eigenvalue weighted by Gasteiger charge is -2.24. The molecule has 0 saturated heterocycles. The Balaban J connectivity index is 1.84. The van der Waals surface area contributed by atoms with Crippen molar-refractivity contribution in [2.75, 3.05) is 5.32 Å². The van der Waals surface area contributed by atoms with Gasteiger partial charge in [0.05, 0.1) is 0 Å². The van der Waals surface area contributed by atoms with Gasteiger partial charge in [0, 0.05) is 11.7 Å². The zero-order chi connectivity index (χ0) is 17.9. The Morgan fingerprint density at radius 3 is 2.08 bits per heavy atom. The standard InChI is InChI=1S/C23H33NO/c1-4-5-6-7-11-14-23(19(2)3)24-20-15-17-22(18-16-20)25-21-12-9-8-10-13-21/h8-10,12-13,15-19,23-24H,4-7,11,14H2,1-3H3. The van der Waals surface area contributed by atoms with Crippen LogP contribution in [-0.4, -0.2) is 6.04 Å². The largest absolute Gasteiger partial charge is 0.457 e. The van der Waals surface area contributed by atoms with Gasteiger partial charge in [-0.2, -0.15) is 0 Å². The van der Waals surface area contributed by atoms with E-state index < -0.39 is 0 Å². The third-order valence-electron chi connectivity index (χ3n) is 4.61. The molecule has 2 nitrogen and oxygen atoms in total. The number of unbranched alkanes of at least 4 members (excludes halogenated alkanes) is 4. The first-order valence-electron chi connectivity index (χ1n) is 9.78. The van der Waals surface area contributed by atoms with E-state index in [0.717, 1.165) is 11.5 Å². The van der Waals surface area contributed by atoms with Crippen molar-refractivity contribution in [3.8, 4) is 11.5 Å². The maximum absolute atomic E-state index is 5.86. The first kappa shape index (κ1) is 19.4. The minimum Gasteiger partial charge on any atom is -0.457 e. The number of anilines is 1. The van der Waals surface area contributed by atoms with Gasteiger partial charge in [-0.1, -0.05) is 71.1 Å². The van der Waals surface area contributed by atoms with E-state index in [1.807, 2.05) is 42.5 Å². The van der Waals surface area contributed by atoms with Gasteiger partial charge in [-0.25, -0.2) is 0 Å². The second-order valence-corrected chi connectivity index (χ2v) is 7.14. The van der Waals surface area contributed by atoms with Crippen LogP contribution < -0.4 is 10.1 Å². The lowest BCUT2D eigenvalue weighted by atomic mass is 9.97. The van der Waals surface area contributed by atoms with E-state index >= 15 is 0 Å². The molecule has 0 aliphatic heterocycles. The molecular formula is C23H33NO. The predicted octanol–water partition coefficient (Wildman–Crippen LogP) is 7.28. The van der Waals surface area contributed by atoms with Crippen molar-refractivity contribution in [3.05, 3.63) is 54.6 Å². The second kappa shape index (κ2) is 10.8. The molecule has 0 aliphatic carbocycles. The van der Waals surface area contributed by atoms with Gasteiger partial charge in [-0.15, -0.1) is 0 Å². The van der Waals surface area contributed by atoms with Gasteiger partial charge >= 0.3 is 0 Å². The minimum atomic E-state index is 0.530. The van der Waals surface area contributed by atoms with Crippen molar-refractivity contribution in [1.29, 1.82) is 0 Å². The van der Waals surface area contributed by atoms with Crippen molar-refractivity contribution in [2.45, 2.75) is 65.3 Å². The summed E-state index contributed by atoms with van der Waals surface area (Å²) in [5, 5.41) is 3.70. The molecule has 1 atom stereocenters. The lowest BCUT2D eigenvalue weighted by Crippen LogP contribution is -2.25. The molecule has 25 heavy (non-hydrogen) atoms. The fourth-order valence-corrected chi connectivity index (χ4v) is 3.00. The van der Waals surface area contributed by atoms with Crippen LogP contribution in [0, 0.1) is 5.92 Å². The Morgan fingerprint density at radius 1 is 0.800 bits per heavy atom. The summed E-state index contributed by atoms with van der Waals surface area (Å²) < 4.78 is 5.86. The molecule has 2 rings (SSSR count). The van der Waals surface area contributed by atoms with Crippen LogP contribution in [0.5, 0.6) is 11.5 Å². The molecule has 2 heteroatoms. The molecule has 0 aromatic heterocycles. The highest BCUT2D eigenvalue weighted by Gasteiger charge is 2.12. The van der Waals surface area contributed by atoms with Gasteiger partial charge in [-0.3, -0.25) is 0 Å². The Morgan fingerprint density at radius 2 is 1.44 bits per heavy atom. The first-order valence-corrected chi connectivity index (χ1v) is 9.78. The summed E-state index contributed by atoms with van der Waals surface area (Å²) in [6, 6.07) is 18.7. The number of hydrogen-bond acceptors (Lipinski definition) is 2. The van der Waals surface area contributed by atoms with Crippen molar-refractivity contribution in [2.24, 2.45) is 5.92 Å². The predicted molar refractivity (Wildman–Crippen MR) is 109 cm³/mol. The van der Waals surface area contributed by atoms with Crippen molar-refractivity contribution < 1.29 is 4.74 Å². The lowest BCUT2D eigenvalue weighted by molar-refractivity contribution is 0.465. The van der Waals surface area contributed by atoms with Crippen LogP contribution in [0.1, 0.15) is 59.3 Å². The maximum Gasteiger partial charge on any atom is 0.127 e. The molecule has 0 fully saturated rings. The summed E-state index contributed by atoms with van der Waals surface area (Å²) in [5.41, 5.74) is 1.17. The number of para-hydroxylation sites is 1. The summed E-state index contributed by atoms with van der Waals surface area (Å²) in [6.07, 6.45) is 7.94. The van der Waals surface area contributed by atoms with Gasteiger partial charge in [0.25, 0.3) is 0 Å². The normalized spacial score (nSPS) is 12.2. The Labute approximate surface area is 153 Å². The van der Waals surface area contributed by atoms with Gasteiger partial charge < -0.3 is 10.1 Å². The molecular weight excluding hydrogens is 306 g/mol. The van der Waals surface area contributed by atoms with E-state index in [1.54, 1.807) is 0 Å². The van der Waals surface area contributed by atoms with Gasteiger partial charge in [0.2, 0.25) is 0 Å². The third kappa shape index (κ3) is 7.21. The van der Waals surface area contributed by atoms with Crippen LogP contribution in [0.2, 0.25) is 0 Å². The van der Waals surface area contributed by atoms with Crippen LogP contribution in [0.3, 0.4) is 0 Å². The topological polar surface area (TPSA) is 21.3 Å². The highest BCUT2D eigenvalue weighted by molar-refractivity contribution is 5.48. The second-order valence-electron chi connectivity index (χ2n) is 7.14. The van der Waals surface area contributed by atoms with Crippen molar-refractivity contribution in [1.82, 2.24) is 0 Å². The highest BCUT2D eigenvalue weighted by Crippen LogP contribution is 2.24. The van der Waals surface area contributed by atoms with E-state index in [-0.39, 0.29) is 0 Å². The summed E-state index contributed by atoms with van der Waals surface area (Å²) >= 11 is 0. The summed E-state index contributed by atoms with van der Waals surface area (Å²) in [6.45, 7) is 6.87. The molecule has 2 aromatic carbocycles. The smallest absolute Gasteiger partial charge is 0.127 e. The van der Waals surface area contributed by atoms with E-state index in [0.29, 0.717) is 12.0 Å². The van der Waals surface area contributed by atoms with Crippen molar-refractivity contribution >= 4 is 5.69 Å². The quantitative estimate of drug-likeness (QED) is 0.434.